The highest BCUT2D eigenvalue weighted by Crippen LogP contribution is 2.38. The molecule has 100 valence electrons. The fourth-order valence-electron chi connectivity index (χ4n) is 2.53. The van der Waals surface area contributed by atoms with E-state index in [0.29, 0.717) is 12.4 Å². The molecule has 0 aliphatic carbocycles. The minimum absolute atomic E-state index is 0.281. The molecule has 1 aromatic carbocycles. The van der Waals surface area contributed by atoms with Crippen LogP contribution in [0.5, 0.6) is 5.75 Å². The van der Waals surface area contributed by atoms with E-state index in [1.165, 1.54) is 17.6 Å². The summed E-state index contributed by atoms with van der Waals surface area (Å²) in [5.74, 6) is 0.307. The largest absolute Gasteiger partial charge is 0.487 e. The first-order valence-electron chi connectivity index (χ1n) is 6.77. The predicted octanol–water partition coefficient (Wildman–Crippen LogP) is 2.92. The summed E-state index contributed by atoms with van der Waals surface area (Å²) in [6.07, 6.45) is 2.69. The smallest absolute Gasteiger partial charge is 0.134 e. The van der Waals surface area contributed by atoms with E-state index >= 15 is 0 Å². The van der Waals surface area contributed by atoms with Gasteiger partial charge in [0, 0.05) is 23.4 Å². The van der Waals surface area contributed by atoms with Gasteiger partial charge in [-0.2, -0.15) is 0 Å². The number of benzene rings is 1. The van der Waals surface area contributed by atoms with Crippen LogP contribution in [0.2, 0.25) is 0 Å². The Bertz CT molecular complexity index is 697. The predicted molar refractivity (Wildman–Crippen MR) is 79.8 cm³/mol. The van der Waals surface area contributed by atoms with Crippen molar-refractivity contribution in [2.75, 3.05) is 0 Å². The minimum atomic E-state index is -0.281. The third-order valence-corrected chi connectivity index (χ3v) is 3.69. The Balaban J connectivity index is 2.31. The molecule has 20 heavy (non-hydrogen) atoms. The molecule has 1 aliphatic rings. The number of fused-ring (bicyclic) bond motifs is 2. The summed E-state index contributed by atoms with van der Waals surface area (Å²) in [5.41, 5.74) is 5.28. The van der Waals surface area contributed by atoms with Crippen molar-refractivity contribution in [1.82, 2.24) is 4.98 Å². The third-order valence-electron chi connectivity index (χ3n) is 3.69. The van der Waals surface area contributed by atoms with E-state index in [0.717, 1.165) is 28.8 Å². The summed E-state index contributed by atoms with van der Waals surface area (Å²) >= 11 is 0. The lowest BCUT2D eigenvalue weighted by Crippen LogP contribution is -1.99. The molecule has 0 bridgehead atoms. The highest BCUT2D eigenvalue weighted by Gasteiger charge is 2.21. The molecule has 1 aliphatic heterocycles. The quantitative estimate of drug-likeness (QED) is 0.741. The van der Waals surface area contributed by atoms with E-state index in [4.69, 9.17) is 4.74 Å². The fourth-order valence-corrected chi connectivity index (χ4v) is 2.53. The molecule has 0 fully saturated rings. The molecule has 0 saturated carbocycles. The second-order valence-corrected chi connectivity index (χ2v) is 4.94. The topological polar surface area (TPSA) is 22.1 Å². The van der Waals surface area contributed by atoms with Crippen molar-refractivity contribution in [1.29, 1.82) is 0 Å². The minimum Gasteiger partial charge on any atom is -0.487 e. The van der Waals surface area contributed by atoms with E-state index in [1.807, 2.05) is 6.07 Å². The average molecular weight is 267 g/mol. The second-order valence-electron chi connectivity index (χ2n) is 4.94. The summed E-state index contributed by atoms with van der Waals surface area (Å²) < 4.78 is 19.2. The van der Waals surface area contributed by atoms with Crippen LogP contribution in [0.3, 0.4) is 0 Å². The Hall–Kier alpha value is -2.10. The van der Waals surface area contributed by atoms with Crippen LogP contribution in [0, 0.1) is 5.82 Å². The number of ether oxygens (including phenoxy) is 1. The molecule has 0 atom stereocenters. The van der Waals surface area contributed by atoms with E-state index in [2.05, 4.69) is 25.8 Å². The van der Waals surface area contributed by atoms with Crippen LogP contribution >= 0.6 is 0 Å². The maximum atomic E-state index is 13.5. The summed E-state index contributed by atoms with van der Waals surface area (Å²) in [4.78, 5) is 4.40. The second kappa shape index (κ2) is 5.12. The van der Waals surface area contributed by atoms with Crippen molar-refractivity contribution >= 4 is 13.4 Å². The van der Waals surface area contributed by atoms with Gasteiger partial charge in [-0.15, -0.1) is 5.47 Å². The van der Waals surface area contributed by atoms with Gasteiger partial charge in [-0.05, 0) is 30.2 Å². The molecule has 1 aromatic heterocycles. The van der Waals surface area contributed by atoms with E-state index in [1.54, 1.807) is 12.3 Å². The van der Waals surface area contributed by atoms with Gasteiger partial charge in [0.25, 0.3) is 0 Å². The molecule has 0 radical (unpaired) electrons. The van der Waals surface area contributed by atoms with E-state index < -0.39 is 0 Å². The summed E-state index contributed by atoms with van der Waals surface area (Å²) in [7, 11) is 2.10. The molecular weight excluding hydrogens is 252 g/mol. The summed E-state index contributed by atoms with van der Waals surface area (Å²) in [6, 6.07) is 8.70. The van der Waals surface area contributed by atoms with Gasteiger partial charge in [0.1, 0.15) is 26.0 Å². The zero-order chi connectivity index (χ0) is 14.1. The van der Waals surface area contributed by atoms with Crippen LogP contribution in [0.15, 0.2) is 42.0 Å². The number of allylic oxidation sites excluding steroid dienone is 1. The van der Waals surface area contributed by atoms with E-state index in [9.17, 15) is 4.39 Å². The number of aromatic nitrogens is 1. The molecule has 0 unspecified atom stereocenters. The van der Waals surface area contributed by atoms with Gasteiger partial charge < -0.3 is 4.74 Å². The van der Waals surface area contributed by atoms with Gasteiger partial charge in [0.2, 0.25) is 0 Å². The van der Waals surface area contributed by atoms with Crippen LogP contribution in [0.1, 0.15) is 30.2 Å². The van der Waals surface area contributed by atoms with Gasteiger partial charge in [-0.25, -0.2) is 4.39 Å². The van der Waals surface area contributed by atoms with Gasteiger partial charge >= 0.3 is 0 Å². The fraction of sp³-hybridized carbons (Fsp3) is 0.188. The number of hydrogen-bond donors (Lipinski definition) is 0. The van der Waals surface area contributed by atoms with Gasteiger partial charge in [0.05, 0.1) is 5.69 Å². The lowest BCUT2D eigenvalue weighted by molar-refractivity contribution is 0.301. The highest BCUT2D eigenvalue weighted by molar-refractivity contribution is 6.26. The highest BCUT2D eigenvalue weighted by atomic mass is 19.1. The molecule has 0 spiro atoms. The van der Waals surface area contributed by atoms with Crippen molar-refractivity contribution < 1.29 is 9.13 Å². The Morgan fingerprint density at radius 3 is 3.00 bits per heavy atom. The monoisotopic (exact) mass is 267 g/mol. The third kappa shape index (κ3) is 2.11. The van der Waals surface area contributed by atoms with Gasteiger partial charge in [-0.3, -0.25) is 4.98 Å². The molecule has 2 aromatic rings. The SMILES string of the molecule is B/C(CC)=C1\c2ccc(F)cc2OCc2ncccc21. The van der Waals surface area contributed by atoms with Crippen molar-refractivity contribution in [3.8, 4) is 5.75 Å². The van der Waals surface area contributed by atoms with Crippen molar-refractivity contribution in [2.24, 2.45) is 0 Å². The number of halogens is 1. The van der Waals surface area contributed by atoms with Gasteiger partial charge in [0.15, 0.2) is 0 Å². The average Bonchev–Trinajstić information content (AvgIpc) is 2.63. The Morgan fingerprint density at radius 1 is 1.35 bits per heavy atom. The maximum Gasteiger partial charge on any atom is 0.134 e. The first-order valence-corrected chi connectivity index (χ1v) is 6.77. The Labute approximate surface area is 118 Å². The van der Waals surface area contributed by atoms with Crippen LogP contribution in [-0.4, -0.2) is 12.8 Å². The molecule has 2 heterocycles. The number of hydrogen-bond acceptors (Lipinski definition) is 2. The van der Waals surface area contributed by atoms with Crippen molar-refractivity contribution in [2.45, 2.75) is 20.0 Å². The zero-order valence-electron chi connectivity index (χ0n) is 11.6. The molecule has 3 rings (SSSR count). The Kier molecular flexibility index (Phi) is 3.31. The van der Waals surface area contributed by atoms with Crippen LogP contribution < -0.4 is 4.74 Å². The van der Waals surface area contributed by atoms with E-state index in [-0.39, 0.29) is 5.82 Å². The van der Waals surface area contributed by atoms with Crippen LogP contribution in [0.25, 0.3) is 5.57 Å². The first kappa shape index (κ1) is 12.9. The molecule has 0 saturated heterocycles. The van der Waals surface area contributed by atoms with Crippen molar-refractivity contribution in [3.05, 3.63) is 64.6 Å². The van der Waals surface area contributed by atoms with Crippen LogP contribution in [0.4, 0.5) is 4.39 Å². The Morgan fingerprint density at radius 2 is 2.20 bits per heavy atom. The van der Waals surface area contributed by atoms with Gasteiger partial charge in [-0.1, -0.05) is 13.0 Å². The first-order chi connectivity index (χ1) is 9.70. The molecular formula is C16H15BFNO. The normalized spacial score (nSPS) is 15.7. The number of pyridine rings is 1. The van der Waals surface area contributed by atoms with Crippen LogP contribution in [-0.2, 0) is 6.61 Å². The van der Waals surface area contributed by atoms with Crippen molar-refractivity contribution in [3.63, 3.8) is 0 Å². The lowest BCUT2D eigenvalue weighted by atomic mass is 9.81. The molecule has 2 nitrogen and oxygen atoms in total. The maximum absolute atomic E-state index is 13.5. The molecule has 0 N–H and O–H groups in total. The molecule has 0 amide bonds. The zero-order valence-corrected chi connectivity index (χ0v) is 11.6. The lowest BCUT2D eigenvalue weighted by Gasteiger charge is -2.13. The number of nitrogens with zero attached hydrogens (tertiary/aromatic N) is 1. The number of rotatable bonds is 1. The molecule has 4 heteroatoms. The summed E-state index contributed by atoms with van der Waals surface area (Å²) in [5, 5.41) is 0. The summed E-state index contributed by atoms with van der Waals surface area (Å²) in [6.45, 7) is 2.49. The standard InChI is InChI=1S/C16H15BFNO/c1-2-13(17)16-11-4-3-7-19-14(11)9-20-15-8-10(18)5-6-12(15)16/h3-8H,2,9,17H2,1H3/b16-13-.